The van der Waals surface area contributed by atoms with E-state index in [0.29, 0.717) is 13.0 Å². The van der Waals surface area contributed by atoms with Gasteiger partial charge in [0.1, 0.15) is 6.04 Å². The molecule has 2 atom stereocenters. The van der Waals surface area contributed by atoms with Crippen molar-refractivity contribution in [1.29, 1.82) is 0 Å². The molecule has 5 heteroatoms. The van der Waals surface area contributed by atoms with E-state index in [0.717, 1.165) is 25.9 Å². The van der Waals surface area contributed by atoms with Crippen LogP contribution in [0.2, 0.25) is 0 Å². The highest BCUT2D eigenvalue weighted by Gasteiger charge is 2.33. The Balaban J connectivity index is 1.94. The summed E-state index contributed by atoms with van der Waals surface area (Å²) in [5, 5.41) is 2.75. The van der Waals surface area contributed by atoms with Gasteiger partial charge in [-0.05, 0) is 19.3 Å². The van der Waals surface area contributed by atoms with Crippen molar-refractivity contribution in [2.75, 3.05) is 19.7 Å². The van der Waals surface area contributed by atoms with Crippen molar-refractivity contribution in [3.63, 3.8) is 0 Å². The summed E-state index contributed by atoms with van der Waals surface area (Å²) in [5.41, 5.74) is 0. The second-order valence-corrected chi connectivity index (χ2v) is 4.76. The molecule has 2 fully saturated rings. The quantitative estimate of drug-likeness (QED) is 0.768. The molecule has 0 aromatic carbocycles. The van der Waals surface area contributed by atoms with Crippen molar-refractivity contribution in [2.45, 2.75) is 44.8 Å². The lowest BCUT2D eigenvalue weighted by Gasteiger charge is -2.33. The summed E-state index contributed by atoms with van der Waals surface area (Å²) in [6.45, 7) is 3.53. The fourth-order valence-electron chi connectivity index (χ4n) is 2.45. The maximum absolute atomic E-state index is 12.1. The molecular weight excluding hydrogens is 220 g/mol. The molecule has 0 aromatic heterocycles. The molecule has 5 nitrogen and oxygen atoms in total. The van der Waals surface area contributed by atoms with Crippen molar-refractivity contribution in [2.24, 2.45) is 0 Å². The van der Waals surface area contributed by atoms with Crippen LogP contribution < -0.4 is 5.32 Å². The van der Waals surface area contributed by atoms with Crippen LogP contribution in [0.25, 0.3) is 0 Å². The molecule has 0 saturated carbocycles. The molecule has 0 spiro atoms. The van der Waals surface area contributed by atoms with Crippen LogP contribution in [0.15, 0.2) is 0 Å². The third-order valence-electron chi connectivity index (χ3n) is 3.30. The maximum atomic E-state index is 12.1. The first-order chi connectivity index (χ1) is 8.20. The maximum Gasteiger partial charge on any atom is 0.245 e. The van der Waals surface area contributed by atoms with Crippen LogP contribution in [-0.4, -0.2) is 48.6 Å². The second kappa shape index (κ2) is 5.49. The van der Waals surface area contributed by atoms with Crippen LogP contribution in [-0.2, 0) is 14.3 Å². The summed E-state index contributed by atoms with van der Waals surface area (Å²) >= 11 is 0. The van der Waals surface area contributed by atoms with Gasteiger partial charge in [-0.2, -0.15) is 0 Å². The number of piperazine rings is 1. The standard InChI is InChI=1S/C12H20N2O3/c1-2-4-10-12(16)14(8-11(15)13-10)7-9-5-3-6-17-9/h9-10H,2-8H2,1H3,(H,13,15). The third-order valence-corrected chi connectivity index (χ3v) is 3.30. The van der Waals surface area contributed by atoms with Gasteiger partial charge in [-0.1, -0.05) is 13.3 Å². The number of nitrogens with one attached hydrogen (secondary N) is 1. The smallest absolute Gasteiger partial charge is 0.245 e. The summed E-state index contributed by atoms with van der Waals surface area (Å²) in [5.74, 6) is -0.0111. The first kappa shape index (κ1) is 12.4. The average Bonchev–Trinajstić information content (AvgIpc) is 2.78. The van der Waals surface area contributed by atoms with Crippen molar-refractivity contribution in [3.05, 3.63) is 0 Å². The van der Waals surface area contributed by atoms with Crippen LogP contribution in [0, 0.1) is 0 Å². The molecule has 2 saturated heterocycles. The molecule has 2 amide bonds. The summed E-state index contributed by atoms with van der Waals surface area (Å²) < 4.78 is 5.51. The van der Waals surface area contributed by atoms with Gasteiger partial charge in [0.2, 0.25) is 11.8 Å². The lowest BCUT2D eigenvalue weighted by Crippen LogP contribution is -2.59. The van der Waals surface area contributed by atoms with Crippen molar-refractivity contribution in [3.8, 4) is 0 Å². The molecule has 2 rings (SSSR count). The van der Waals surface area contributed by atoms with Crippen molar-refractivity contribution in [1.82, 2.24) is 10.2 Å². The predicted octanol–water partition coefficient (Wildman–Crippen LogP) is 0.292. The largest absolute Gasteiger partial charge is 0.376 e. The van der Waals surface area contributed by atoms with E-state index in [2.05, 4.69) is 5.32 Å². The van der Waals surface area contributed by atoms with E-state index in [1.807, 2.05) is 6.92 Å². The van der Waals surface area contributed by atoms with Gasteiger partial charge in [-0.3, -0.25) is 9.59 Å². The zero-order valence-electron chi connectivity index (χ0n) is 10.3. The minimum atomic E-state index is -0.331. The van der Waals surface area contributed by atoms with Gasteiger partial charge in [0.15, 0.2) is 0 Å². The SMILES string of the molecule is CCCC1NC(=O)CN(CC2CCCO2)C1=O. The van der Waals surface area contributed by atoms with Crippen LogP contribution in [0.5, 0.6) is 0 Å². The van der Waals surface area contributed by atoms with Gasteiger partial charge < -0.3 is 15.0 Å². The number of carbonyl (C=O) groups is 2. The number of hydrogen-bond donors (Lipinski definition) is 1. The highest BCUT2D eigenvalue weighted by Crippen LogP contribution is 2.16. The molecular formula is C12H20N2O3. The molecule has 2 aliphatic heterocycles. The normalized spacial score (nSPS) is 29.6. The van der Waals surface area contributed by atoms with E-state index in [1.165, 1.54) is 0 Å². The monoisotopic (exact) mass is 240 g/mol. The number of carbonyl (C=O) groups excluding carboxylic acids is 2. The number of ether oxygens (including phenoxy) is 1. The lowest BCUT2D eigenvalue weighted by molar-refractivity contribution is -0.145. The topological polar surface area (TPSA) is 58.6 Å². The Morgan fingerprint density at radius 2 is 2.29 bits per heavy atom. The van der Waals surface area contributed by atoms with Crippen LogP contribution in [0.3, 0.4) is 0 Å². The Morgan fingerprint density at radius 1 is 1.47 bits per heavy atom. The average molecular weight is 240 g/mol. The molecule has 0 radical (unpaired) electrons. The van der Waals surface area contributed by atoms with E-state index in [1.54, 1.807) is 4.90 Å². The first-order valence-electron chi connectivity index (χ1n) is 6.40. The van der Waals surface area contributed by atoms with Crippen LogP contribution >= 0.6 is 0 Å². The van der Waals surface area contributed by atoms with E-state index in [-0.39, 0.29) is 30.5 Å². The zero-order chi connectivity index (χ0) is 12.3. The van der Waals surface area contributed by atoms with Crippen LogP contribution in [0.4, 0.5) is 0 Å². The van der Waals surface area contributed by atoms with E-state index in [4.69, 9.17) is 4.74 Å². The summed E-state index contributed by atoms with van der Waals surface area (Å²) in [4.78, 5) is 25.3. The lowest BCUT2D eigenvalue weighted by atomic mass is 10.1. The fraction of sp³-hybridized carbons (Fsp3) is 0.833. The Kier molecular flexibility index (Phi) is 3.99. The summed E-state index contributed by atoms with van der Waals surface area (Å²) in [7, 11) is 0. The predicted molar refractivity (Wildman–Crippen MR) is 62.4 cm³/mol. The molecule has 0 aliphatic carbocycles. The summed E-state index contributed by atoms with van der Waals surface area (Å²) in [6.07, 6.45) is 3.77. The Morgan fingerprint density at radius 3 is 2.94 bits per heavy atom. The number of hydrogen-bond acceptors (Lipinski definition) is 3. The molecule has 17 heavy (non-hydrogen) atoms. The van der Waals surface area contributed by atoms with Crippen molar-refractivity contribution < 1.29 is 14.3 Å². The number of nitrogens with zero attached hydrogens (tertiary/aromatic N) is 1. The number of amides is 2. The zero-order valence-corrected chi connectivity index (χ0v) is 10.3. The molecule has 0 aromatic rings. The van der Waals surface area contributed by atoms with Gasteiger partial charge in [0.05, 0.1) is 12.6 Å². The van der Waals surface area contributed by atoms with E-state index in [9.17, 15) is 9.59 Å². The first-order valence-corrected chi connectivity index (χ1v) is 6.40. The van der Waals surface area contributed by atoms with E-state index < -0.39 is 0 Å². The minimum absolute atomic E-state index is 0.0435. The van der Waals surface area contributed by atoms with Crippen LogP contribution in [0.1, 0.15) is 32.6 Å². The highest BCUT2D eigenvalue weighted by molar-refractivity contribution is 5.94. The Labute approximate surface area is 101 Å². The summed E-state index contributed by atoms with van der Waals surface area (Å²) in [6, 6.07) is -0.331. The molecule has 2 unspecified atom stereocenters. The second-order valence-electron chi connectivity index (χ2n) is 4.76. The molecule has 1 N–H and O–H groups in total. The Hall–Kier alpha value is -1.10. The third kappa shape index (κ3) is 2.97. The molecule has 96 valence electrons. The van der Waals surface area contributed by atoms with Gasteiger partial charge in [0.25, 0.3) is 0 Å². The van der Waals surface area contributed by atoms with Crippen molar-refractivity contribution >= 4 is 11.8 Å². The highest BCUT2D eigenvalue weighted by atomic mass is 16.5. The van der Waals surface area contributed by atoms with Gasteiger partial charge in [-0.25, -0.2) is 0 Å². The molecule has 0 bridgehead atoms. The van der Waals surface area contributed by atoms with E-state index >= 15 is 0 Å². The number of rotatable bonds is 4. The minimum Gasteiger partial charge on any atom is -0.376 e. The fourth-order valence-corrected chi connectivity index (χ4v) is 2.45. The molecule has 2 heterocycles. The Bertz CT molecular complexity index is 300. The van der Waals surface area contributed by atoms with Gasteiger partial charge in [0, 0.05) is 13.2 Å². The molecule has 2 aliphatic rings. The van der Waals surface area contributed by atoms with Gasteiger partial charge in [-0.15, -0.1) is 0 Å². The van der Waals surface area contributed by atoms with Gasteiger partial charge >= 0.3 is 0 Å².